The minimum absolute atomic E-state index is 0.214. The van der Waals surface area contributed by atoms with E-state index in [1.807, 2.05) is 0 Å². The van der Waals surface area contributed by atoms with Gasteiger partial charge < -0.3 is 5.11 Å². The lowest BCUT2D eigenvalue weighted by Gasteiger charge is -2.14. The number of nitrogens with one attached hydrogen (secondary N) is 1. The number of carbonyl (C=O) groups is 4. The van der Waals surface area contributed by atoms with E-state index in [9.17, 15) is 19.2 Å². The van der Waals surface area contributed by atoms with Crippen LogP contribution in [0.4, 0.5) is 0 Å². The zero-order valence-corrected chi connectivity index (χ0v) is 9.75. The summed E-state index contributed by atoms with van der Waals surface area (Å²) in [5, 5.41) is 9.05. The first-order valence-electron chi connectivity index (χ1n) is 5.50. The van der Waals surface area contributed by atoms with Crippen molar-refractivity contribution < 1.29 is 24.3 Å². The molecule has 1 aliphatic heterocycles. The maximum absolute atomic E-state index is 11.9. The molecule has 7 nitrogen and oxygen atoms in total. The van der Waals surface area contributed by atoms with E-state index in [0.717, 1.165) is 0 Å². The quantitative estimate of drug-likeness (QED) is 0.753. The molecule has 1 aliphatic rings. The van der Waals surface area contributed by atoms with Gasteiger partial charge in [0.1, 0.15) is 0 Å². The van der Waals surface area contributed by atoms with E-state index in [1.165, 1.54) is 12.1 Å². The molecule has 2 N–H and O–H groups in total. The molecule has 0 fully saturated rings. The van der Waals surface area contributed by atoms with Gasteiger partial charge in [-0.1, -0.05) is 12.1 Å². The highest BCUT2D eigenvalue weighted by molar-refractivity contribution is 6.21. The van der Waals surface area contributed by atoms with Crippen LogP contribution in [0.5, 0.6) is 0 Å². The molecule has 0 unspecified atom stereocenters. The lowest BCUT2D eigenvalue weighted by Crippen LogP contribution is -2.45. The van der Waals surface area contributed by atoms with Crippen LogP contribution in [0.15, 0.2) is 24.3 Å². The van der Waals surface area contributed by atoms with E-state index in [2.05, 4.69) is 5.43 Å². The summed E-state index contributed by atoms with van der Waals surface area (Å²) in [5.41, 5.74) is 2.54. The van der Waals surface area contributed by atoms with Gasteiger partial charge in [0.2, 0.25) is 5.91 Å². The molecule has 0 bridgehead atoms. The second-order valence-electron chi connectivity index (χ2n) is 3.92. The molecule has 3 amide bonds. The molecule has 0 saturated heterocycles. The van der Waals surface area contributed by atoms with Gasteiger partial charge in [0.25, 0.3) is 11.8 Å². The normalized spacial score (nSPS) is 13.4. The van der Waals surface area contributed by atoms with Crippen LogP contribution in [0.1, 0.15) is 33.6 Å². The number of nitrogens with zero attached hydrogens (tertiary/aromatic N) is 1. The zero-order valence-electron chi connectivity index (χ0n) is 9.75. The average Bonchev–Trinajstić information content (AvgIpc) is 2.62. The minimum Gasteiger partial charge on any atom is -0.481 e. The molecular formula is C12H10N2O5. The average molecular weight is 262 g/mol. The SMILES string of the molecule is O=C(O)CCC(=O)NN1C(=O)c2ccccc2C1=O. The Balaban J connectivity index is 2.08. The molecule has 0 spiro atoms. The molecule has 2 rings (SSSR count). The van der Waals surface area contributed by atoms with Crippen LogP contribution in [-0.4, -0.2) is 33.8 Å². The Bertz CT molecular complexity index is 546. The van der Waals surface area contributed by atoms with Gasteiger partial charge in [0.15, 0.2) is 0 Å². The molecule has 1 heterocycles. The highest BCUT2D eigenvalue weighted by Gasteiger charge is 2.36. The van der Waals surface area contributed by atoms with Gasteiger partial charge >= 0.3 is 5.97 Å². The van der Waals surface area contributed by atoms with Gasteiger partial charge in [-0.3, -0.25) is 24.6 Å². The summed E-state index contributed by atoms with van der Waals surface area (Å²) in [4.78, 5) is 45.5. The minimum atomic E-state index is -1.13. The van der Waals surface area contributed by atoms with Crippen molar-refractivity contribution in [2.75, 3.05) is 0 Å². The Morgan fingerprint density at radius 1 is 1.05 bits per heavy atom. The second kappa shape index (κ2) is 4.89. The summed E-state index contributed by atoms with van der Waals surface area (Å²) in [5.74, 6) is -3.07. The number of amides is 3. The number of hydrogen-bond donors (Lipinski definition) is 2. The van der Waals surface area contributed by atoms with Crippen LogP contribution in [-0.2, 0) is 9.59 Å². The molecule has 0 aromatic heterocycles. The molecule has 0 aliphatic carbocycles. The molecule has 1 aromatic carbocycles. The summed E-state index contributed by atoms with van der Waals surface area (Å²) in [7, 11) is 0. The number of benzene rings is 1. The van der Waals surface area contributed by atoms with Crippen LogP contribution in [0.3, 0.4) is 0 Å². The van der Waals surface area contributed by atoms with Crippen LogP contribution in [0.25, 0.3) is 0 Å². The van der Waals surface area contributed by atoms with E-state index in [4.69, 9.17) is 5.11 Å². The van der Waals surface area contributed by atoms with Crippen LogP contribution in [0, 0.1) is 0 Å². The van der Waals surface area contributed by atoms with Crippen molar-refractivity contribution in [1.82, 2.24) is 10.4 Å². The third kappa shape index (κ3) is 2.44. The second-order valence-corrected chi connectivity index (χ2v) is 3.92. The lowest BCUT2D eigenvalue weighted by molar-refractivity contribution is -0.139. The van der Waals surface area contributed by atoms with E-state index in [0.29, 0.717) is 5.01 Å². The molecule has 0 radical (unpaired) electrons. The Kier molecular flexibility index (Phi) is 3.28. The first kappa shape index (κ1) is 12.7. The van der Waals surface area contributed by atoms with E-state index < -0.39 is 23.7 Å². The molecule has 1 aromatic rings. The number of aliphatic carboxylic acids is 1. The summed E-state index contributed by atoms with van der Waals surface area (Å²) in [6.07, 6.45) is -0.669. The number of carboxylic acids is 1. The van der Waals surface area contributed by atoms with E-state index in [-0.39, 0.29) is 24.0 Å². The van der Waals surface area contributed by atoms with Crippen molar-refractivity contribution >= 4 is 23.7 Å². The summed E-state index contributed by atoms with van der Waals surface area (Å²) in [6, 6.07) is 6.19. The maximum atomic E-state index is 11.9. The number of carboxylic acid groups (broad SMARTS) is 1. The summed E-state index contributed by atoms with van der Waals surface area (Å²) < 4.78 is 0. The fourth-order valence-corrected chi connectivity index (χ4v) is 1.69. The highest BCUT2D eigenvalue weighted by atomic mass is 16.4. The van der Waals surface area contributed by atoms with E-state index >= 15 is 0 Å². The number of carbonyl (C=O) groups excluding carboxylic acids is 3. The van der Waals surface area contributed by atoms with Gasteiger partial charge in [-0.05, 0) is 12.1 Å². The number of imide groups is 1. The van der Waals surface area contributed by atoms with E-state index in [1.54, 1.807) is 12.1 Å². The van der Waals surface area contributed by atoms with Gasteiger partial charge in [-0.25, -0.2) is 0 Å². The topological polar surface area (TPSA) is 104 Å². The first-order valence-corrected chi connectivity index (χ1v) is 5.50. The third-order valence-electron chi connectivity index (χ3n) is 2.60. The van der Waals surface area contributed by atoms with Crippen molar-refractivity contribution in [2.45, 2.75) is 12.8 Å². The van der Waals surface area contributed by atoms with Gasteiger partial charge in [0, 0.05) is 6.42 Å². The predicted molar refractivity (Wildman–Crippen MR) is 62.0 cm³/mol. The van der Waals surface area contributed by atoms with Crippen molar-refractivity contribution in [1.29, 1.82) is 0 Å². The Hall–Kier alpha value is -2.70. The summed E-state index contributed by atoms with van der Waals surface area (Å²) >= 11 is 0. The molecule has 19 heavy (non-hydrogen) atoms. The third-order valence-corrected chi connectivity index (χ3v) is 2.60. The van der Waals surface area contributed by atoms with Crippen LogP contribution >= 0.6 is 0 Å². The zero-order chi connectivity index (χ0) is 14.0. The fourth-order valence-electron chi connectivity index (χ4n) is 1.69. The summed E-state index contributed by atoms with van der Waals surface area (Å²) in [6.45, 7) is 0. The standard InChI is InChI=1S/C12H10N2O5/c15-9(5-6-10(16)17)13-14-11(18)7-3-1-2-4-8(7)12(14)19/h1-4H,5-6H2,(H,13,15)(H,16,17). The maximum Gasteiger partial charge on any atom is 0.303 e. The number of hydrazine groups is 1. The smallest absolute Gasteiger partial charge is 0.303 e. The van der Waals surface area contributed by atoms with Gasteiger partial charge in [-0.15, -0.1) is 0 Å². The Morgan fingerprint density at radius 3 is 2.05 bits per heavy atom. The Labute approximate surface area is 107 Å². The molecular weight excluding hydrogens is 252 g/mol. The molecule has 98 valence electrons. The largest absolute Gasteiger partial charge is 0.481 e. The number of rotatable bonds is 4. The van der Waals surface area contributed by atoms with Crippen molar-refractivity contribution in [3.05, 3.63) is 35.4 Å². The fraction of sp³-hybridized carbons (Fsp3) is 0.167. The Morgan fingerprint density at radius 2 is 1.58 bits per heavy atom. The number of fused-ring (bicyclic) bond motifs is 1. The first-order chi connectivity index (χ1) is 9.00. The predicted octanol–water partition coefficient (Wildman–Crippen LogP) is 0.179. The van der Waals surface area contributed by atoms with Gasteiger partial charge in [-0.2, -0.15) is 5.01 Å². The van der Waals surface area contributed by atoms with Crippen LogP contribution < -0.4 is 5.43 Å². The highest BCUT2D eigenvalue weighted by Crippen LogP contribution is 2.20. The van der Waals surface area contributed by atoms with Crippen molar-refractivity contribution in [3.8, 4) is 0 Å². The molecule has 7 heteroatoms. The van der Waals surface area contributed by atoms with Crippen LogP contribution in [0.2, 0.25) is 0 Å². The molecule has 0 saturated carbocycles. The monoisotopic (exact) mass is 262 g/mol. The lowest BCUT2D eigenvalue weighted by atomic mass is 10.1. The van der Waals surface area contributed by atoms with Crippen molar-refractivity contribution in [2.24, 2.45) is 0 Å². The number of hydrogen-bond acceptors (Lipinski definition) is 4. The molecule has 0 atom stereocenters. The van der Waals surface area contributed by atoms with Crippen molar-refractivity contribution in [3.63, 3.8) is 0 Å². The van der Waals surface area contributed by atoms with Gasteiger partial charge in [0.05, 0.1) is 17.5 Å².